The molecule has 2 heteroatoms. The van der Waals surface area contributed by atoms with E-state index in [0.717, 1.165) is 0 Å². The van der Waals surface area contributed by atoms with Gasteiger partial charge in [-0.25, -0.2) is 4.39 Å². The predicted molar refractivity (Wildman–Crippen MR) is 69.0 cm³/mol. The first-order valence-electron chi connectivity index (χ1n) is 5.75. The average Bonchev–Trinajstić information content (AvgIpc) is 2.24. The molecule has 0 aromatic rings. The lowest BCUT2D eigenvalue weighted by atomic mass is 9.78. The summed E-state index contributed by atoms with van der Waals surface area (Å²) in [5.74, 6) is 0.278. The zero-order valence-electron chi connectivity index (χ0n) is 10.6. The van der Waals surface area contributed by atoms with E-state index in [9.17, 15) is 4.39 Å². The number of rotatable bonds is 2. The fourth-order valence-corrected chi connectivity index (χ4v) is 2.31. The third-order valence-electron chi connectivity index (χ3n) is 3.36. The molecule has 0 aliphatic heterocycles. The Hall–Kier alpha value is -0.560. The zero-order valence-corrected chi connectivity index (χ0v) is 11.4. The summed E-state index contributed by atoms with van der Waals surface area (Å²) in [6.45, 7) is 10.2. The number of allylic oxidation sites excluding steroid dienone is 6. The van der Waals surface area contributed by atoms with E-state index in [1.807, 2.05) is 26.0 Å². The van der Waals surface area contributed by atoms with Crippen LogP contribution in [0.1, 0.15) is 34.6 Å². The van der Waals surface area contributed by atoms with E-state index in [1.54, 1.807) is 6.08 Å². The van der Waals surface area contributed by atoms with Crippen molar-refractivity contribution in [2.75, 3.05) is 0 Å². The van der Waals surface area contributed by atoms with Crippen LogP contribution in [0.2, 0.25) is 0 Å². The van der Waals surface area contributed by atoms with Crippen molar-refractivity contribution in [2.24, 2.45) is 17.3 Å². The van der Waals surface area contributed by atoms with Crippen LogP contribution in [-0.2, 0) is 0 Å². The Bertz CT molecular complexity index is 361. The lowest BCUT2D eigenvalue weighted by molar-refractivity contribution is 0.382. The van der Waals surface area contributed by atoms with Gasteiger partial charge in [0.15, 0.2) is 0 Å². The van der Waals surface area contributed by atoms with Crippen LogP contribution in [-0.4, -0.2) is 0 Å². The van der Waals surface area contributed by atoms with Crippen molar-refractivity contribution in [3.63, 3.8) is 0 Å². The summed E-state index contributed by atoms with van der Waals surface area (Å²) in [4.78, 5) is 0. The van der Waals surface area contributed by atoms with Crippen molar-refractivity contribution in [1.29, 1.82) is 0 Å². The van der Waals surface area contributed by atoms with Crippen molar-refractivity contribution in [3.05, 3.63) is 34.7 Å². The molecule has 1 rings (SSSR count). The fraction of sp³-hybridized carbons (Fsp3) is 0.571. The van der Waals surface area contributed by atoms with Gasteiger partial charge < -0.3 is 0 Å². The molecule has 1 unspecified atom stereocenters. The first-order chi connectivity index (χ1) is 7.28. The minimum absolute atomic E-state index is 0.0999. The van der Waals surface area contributed by atoms with Crippen LogP contribution in [0.25, 0.3) is 0 Å². The van der Waals surface area contributed by atoms with Gasteiger partial charge in [0.2, 0.25) is 0 Å². The summed E-state index contributed by atoms with van der Waals surface area (Å²) < 4.78 is 13.9. The predicted octanol–water partition coefficient (Wildman–Crippen LogP) is 5.22. The SMILES string of the molecule is CC(C)C1=C(F)C=CC(C)(C(C)C)C=C1Cl. The molecule has 0 saturated carbocycles. The highest BCUT2D eigenvalue weighted by Crippen LogP contribution is 2.39. The summed E-state index contributed by atoms with van der Waals surface area (Å²) in [7, 11) is 0. The second-order valence-electron chi connectivity index (χ2n) is 5.26. The molecule has 0 radical (unpaired) electrons. The largest absolute Gasteiger partial charge is 0.207 e. The van der Waals surface area contributed by atoms with E-state index in [1.165, 1.54) is 0 Å². The maximum Gasteiger partial charge on any atom is 0.127 e. The molecule has 1 aliphatic rings. The minimum atomic E-state index is -0.208. The molecule has 0 amide bonds. The summed E-state index contributed by atoms with van der Waals surface area (Å²) in [6, 6.07) is 0. The Morgan fingerprint density at radius 3 is 2.25 bits per heavy atom. The van der Waals surface area contributed by atoms with Crippen LogP contribution >= 0.6 is 11.6 Å². The van der Waals surface area contributed by atoms with E-state index in [-0.39, 0.29) is 17.2 Å². The molecule has 0 aromatic carbocycles. The number of hydrogen-bond acceptors (Lipinski definition) is 0. The van der Waals surface area contributed by atoms with Gasteiger partial charge in [-0.15, -0.1) is 0 Å². The van der Waals surface area contributed by atoms with E-state index >= 15 is 0 Å². The normalized spacial score (nSPS) is 26.4. The quantitative estimate of drug-likeness (QED) is 0.623. The Kier molecular flexibility index (Phi) is 4.01. The molecule has 1 aliphatic carbocycles. The van der Waals surface area contributed by atoms with E-state index in [4.69, 9.17) is 11.6 Å². The van der Waals surface area contributed by atoms with Gasteiger partial charge in [0.05, 0.1) is 0 Å². The van der Waals surface area contributed by atoms with Crippen LogP contribution in [0.5, 0.6) is 0 Å². The van der Waals surface area contributed by atoms with Gasteiger partial charge in [0, 0.05) is 16.0 Å². The molecular formula is C14H20ClF. The Balaban J connectivity index is 3.26. The molecule has 0 bridgehead atoms. The van der Waals surface area contributed by atoms with Crippen molar-refractivity contribution in [2.45, 2.75) is 34.6 Å². The van der Waals surface area contributed by atoms with E-state index < -0.39 is 0 Å². The maximum atomic E-state index is 13.9. The molecule has 0 aromatic heterocycles. The second kappa shape index (κ2) is 4.75. The lowest BCUT2D eigenvalue weighted by Crippen LogP contribution is -2.17. The van der Waals surface area contributed by atoms with Gasteiger partial charge in [-0.05, 0) is 17.9 Å². The highest BCUT2D eigenvalue weighted by Gasteiger charge is 2.27. The fourth-order valence-electron chi connectivity index (χ4n) is 1.77. The Morgan fingerprint density at radius 1 is 1.25 bits per heavy atom. The summed E-state index contributed by atoms with van der Waals surface area (Å²) in [6.07, 6.45) is 5.43. The van der Waals surface area contributed by atoms with Crippen LogP contribution < -0.4 is 0 Å². The topological polar surface area (TPSA) is 0 Å². The number of hydrogen-bond donors (Lipinski definition) is 0. The van der Waals surface area contributed by atoms with Gasteiger partial charge in [-0.3, -0.25) is 0 Å². The molecule has 0 fully saturated rings. The van der Waals surface area contributed by atoms with Crippen LogP contribution in [0.4, 0.5) is 4.39 Å². The molecule has 0 N–H and O–H groups in total. The average molecular weight is 243 g/mol. The monoisotopic (exact) mass is 242 g/mol. The maximum absolute atomic E-state index is 13.9. The highest BCUT2D eigenvalue weighted by atomic mass is 35.5. The summed E-state index contributed by atoms with van der Waals surface area (Å²) in [5.41, 5.74) is 0.438. The molecule has 0 saturated heterocycles. The Morgan fingerprint density at radius 2 is 1.81 bits per heavy atom. The molecule has 90 valence electrons. The molecule has 16 heavy (non-hydrogen) atoms. The van der Waals surface area contributed by atoms with E-state index in [0.29, 0.717) is 16.5 Å². The first kappa shape index (κ1) is 13.5. The molecule has 0 spiro atoms. The van der Waals surface area contributed by atoms with Crippen molar-refractivity contribution in [1.82, 2.24) is 0 Å². The first-order valence-corrected chi connectivity index (χ1v) is 6.13. The standard InChI is InChI=1S/C14H20ClF/c1-9(2)13-11(15)8-14(5,10(3)4)7-6-12(13)16/h6-10H,1-5H3. The van der Waals surface area contributed by atoms with Crippen molar-refractivity contribution in [3.8, 4) is 0 Å². The van der Waals surface area contributed by atoms with Crippen LogP contribution in [0.15, 0.2) is 34.7 Å². The van der Waals surface area contributed by atoms with Gasteiger partial charge in [0.25, 0.3) is 0 Å². The van der Waals surface area contributed by atoms with Crippen LogP contribution in [0.3, 0.4) is 0 Å². The molecule has 1 atom stereocenters. The van der Waals surface area contributed by atoms with Gasteiger partial charge in [-0.1, -0.05) is 58.4 Å². The third-order valence-corrected chi connectivity index (χ3v) is 3.68. The van der Waals surface area contributed by atoms with E-state index in [2.05, 4.69) is 20.8 Å². The van der Waals surface area contributed by atoms with Crippen molar-refractivity contribution >= 4 is 11.6 Å². The summed E-state index contributed by atoms with van der Waals surface area (Å²) >= 11 is 6.23. The van der Waals surface area contributed by atoms with Gasteiger partial charge >= 0.3 is 0 Å². The van der Waals surface area contributed by atoms with Crippen LogP contribution in [0, 0.1) is 17.3 Å². The minimum Gasteiger partial charge on any atom is -0.207 e. The lowest BCUT2D eigenvalue weighted by Gasteiger charge is -2.26. The molecule has 0 nitrogen and oxygen atoms in total. The molecule has 0 heterocycles. The van der Waals surface area contributed by atoms with Gasteiger partial charge in [0.1, 0.15) is 5.83 Å². The van der Waals surface area contributed by atoms with Gasteiger partial charge in [-0.2, -0.15) is 0 Å². The highest BCUT2D eigenvalue weighted by molar-refractivity contribution is 6.32. The Labute approximate surface area is 103 Å². The third kappa shape index (κ3) is 2.57. The van der Waals surface area contributed by atoms with Crippen molar-refractivity contribution < 1.29 is 4.39 Å². The zero-order chi connectivity index (χ0) is 12.5. The number of halogens is 2. The smallest absolute Gasteiger partial charge is 0.127 e. The molecular weight excluding hydrogens is 223 g/mol. The second-order valence-corrected chi connectivity index (χ2v) is 5.67. The summed E-state index contributed by atoms with van der Waals surface area (Å²) in [5, 5.41) is 0.550.